The van der Waals surface area contributed by atoms with Crippen LogP contribution in [0.2, 0.25) is 0 Å². The Hall–Kier alpha value is -1.39. The van der Waals surface area contributed by atoms with Gasteiger partial charge in [0.15, 0.2) is 25.0 Å². The molecule has 3 aliphatic heterocycles. The van der Waals surface area contributed by atoms with Gasteiger partial charge in [-0.1, -0.05) is 0 Å². The summed E-state index contributed by atoms with van der Waals surface area (Å²) in [7, 11) is 0. The molecule has 3 heterocycles. The molecule has 1 aliphatic carbocycles. The van der Waals surface area contributed by atoms with Gasteiger partial charge >= 0.3 is 0 Å². The second kappa shape index (κ2) is 17.0. The quantitative estimate of drug-likeness (QED) is 0.0840. The average Bonchev–Trinajstić information content (AvgIpc) is 3.36. The van der Waals surface area contributed by atoms with Crippen LogP contribution >= 0.6 is 0 Å². The number of hydrogen-bond donors (Lipinski definition) is 13. The Kier molecular flexibility index (Phi) is 14.0. The van der Waals surface area contributed by atoms with Crippen LogP contribution in [0.3, 0.4) is 0 Å². The Morgan fingerprint density at radius 2 is 1.49 bits per heavy atom. The highest BCUT2D eigenvalue weighted by Crippen LogP contribution is 2.35. The first-order valence-corrected chi connectivity index (χ1v) is 16.0. The number of carbonyl (C=O) groups excluding carboxylic acids is 1. The van der Waals surface area contributed by atoms with E-state index in [9.17, 15) is 49.3 Å². The summed E-state index contributed by atoms with van der Waals surface area (Å²) in [5.74, 6) is -5.57. The first-order valence-electron chi connectivity index (χ1n) is 16.0. The Morgan fingerprint density at radius 1 is 0.816 bits per heavy atom. The summed E-state index contributed by atoms with van der Waals surface area (Å²) in [5, 5.41) is 75.5. The molecule has 1 saturated carbocycles. The number of carbonyl (C=O) groups is 1. The minimum absolute atomic E-state index is 0.00839. The standard InChI is InChI=1S/C27H50F2N6O14/c28-27(29,7-32)23(42)24(43)35-10-2-9(33)20(48-25-16(34)11(37)1-8(4-30)44-25)22(17(10)39)49-26-19(41)21(14(6-36)46-26)47-15-3-12(38)18(40)13(5-31)45-15/h8-23,25-26,36-42H,1-7,30-34H2,(H,35,43). The lowest BCUT2D eigenvalue weighted by molar-refractivity contribution is -0.295. The van der Waals surface area contributed by atoms with E-state index in [1.807, 2.05) is 0 Å². The van der Waals surface area contributed by atoms with E-state index >= 15 is 0 Å². The van der Waals surface area contributed by atoms with Gasteiger partial charge in [-0.05, 0) is 6.42 Å². The summed E-state index contributed by atoms with van der Waals surface area (Å²) in [5.41, 5.74) is 28.8. The summed E-state index contributed by atoms with van der Waals surface area (Å²) in [6, 6.07) is -3.73. The molecule has 0 aromatic heterocycles. The molecule has 0 aromatic rings. The SMILES string of the molecule is NCC1CC(O)C(N)C(OC2C(N)CC(NC(=O)C(O)C(F)(F)CN)C(O)C2OC2OC(CO)C(OC3CC(O)C(O)C(CN)O3)C2O)O1. The van der Waals surface area contributed by atoms with Crippen molar-refractivity contribution >= 4 is 5.91 Å². The molecule has 286 valence electrons. The zero-order valence-electron chi connectivity index (χ0n) is 26.5. The van der Waals surface area contributed by atoms with Crippen molar-refractivity contribution in [2.75, 3.05) is 26.2 Å². The molecule has 4 aliphatic rings. The summed E-state index contributed by atoms with van der Waals surface area (Å²) < 4.78 is 62.8. The van der Waals surface area contributed by atoms with Crippen LogP contribution in [0.15, 0.2) is 0 Å². The maximum Gasteiger partial charge on any atom is 0.294 e. The summed E-state index contributed by atoms with van der Waals surface area (Å²) in [6.07, 6.45) is -22.2. The van der Waals surface area contributed by atoms with Gasteiger partial charge < -0.3 is 98.2 Å². The number of aliphatic hydroxyl groups excluding tert-OH is 7. The van der Waals surface area contributed by atoms with Gasteiger partial charge in [0.2, 0.25) is 0 Å². The third kappa shape index (κ3) is 8.98. The molecule has 18 unspecified atom stereocenters. The van der Waals surface area contributed by atoms with Gasteiger partial charge in [0.25, 0.3) is 11.8 Å². The summed E-state index contributed by atoms with van der Waals surface area (Å²) in [4.78, 5) is 12.6. The summed E-state index contributed by atoms with van der Waals surface area (Å²) in [6.45, 7) is -2.25. The lowest BCUT2D eigenvalue weighted by Gasteiger charge is -2.47. The molecule has 0 bridgehead atoms. The lowest BCUT2D eigenvalue weighted by Crippen LogP contribution is -2.68. The van der Waals surface area contributed by atoms with Crippen LogP contribution in [0.1, 0.15) is 19.3 Å². The number of aliphatic hydroxyl groups is 7. The van der Waals surface area contributed by atoms with Gasteiger partial charge in [-0.2, -0.15) is 0 Å². The van der Waals surface area contributed by atoms with Gasteiger partial charge in [-0.3, -0.25) is 4.79 Å². The van der Waals surface area contributed by atoms with E-state index in [0.717, 1.165) is 0 Å². The maximum atomic E-state index is 14.0. The molecular weight excluding hydrogens is 670 g/mol. The van der Waals surface area contributed by atoms with Crippen LogP contribution in [0.25, 0.3) is 0 Å². The van der Waals surface area contributed by atoms with Crippen LogP contribution in [0.4, 0.5) is 8.78 Å². The molecule has 49 heavy (non-hydrogen) atoms. The number of nitrogens with one attached hydrogen (secondary N) is 1. The predicted octanol–water partition coefficient (Wildman–Crippen LogP) is -7.69. The third-order valence-electron chi connectivity index (χ3n) is 9.25. The molecule has 0 radical (unpaired) electrons. The molecular formula is C27H50F2N6O14. The third-order valence-corrected chi connectivity index (χ3v) is 9.25. The molecule has 4 fully saturated rings. The topological polar surface area (TPSA) is 356 Å². The van der Waals surface area contributed by atoms with Crippen molar-refractivity contribution in [2.45, 2.75) is 135 Å². The van der Waals surface area contributed by atoms with Crippen molar-refractivity contribution in [1.29, 1.82) is 0 Å². The fraction of sp³-hybridized carbons (Fsp3) is 0.963. The number of hydrogen-bond acceptors (Lipinski definition) is 19. The molecule has 22 heteroatoms. The van der Waals surface area contributed by atoms with E-state index < -0.39 is 135 Å². The van der Waals surface area contributed by atoms with E-state index in [1.165, 1.54) is 0 Å². The second-order valence-corrected chi connectivity index (χ2v) is 12.8. The van der Waals surface area contributed by atoms with Crippen LogP contribution in [0.5, 0.6) is 0 Å². The zero-order chi connectivity index (χ0) is 36.4. The molecule has 1 amide bonds. The number of alkyl halides is 2. The second-order valence-electron chi connectivity index (χ2n) is 12.8. The molecule has 18 N–H and O–H groups in total. The van der Waals surface area contributed by atoms with Crippen molar-refractivity contribution < 1.29 is 77.7 Å². The predicted molar refractivity (Wildman–Crippen MR) is 158 cm³/mol. The van der Waals surface area contributed by atoms with E-state index in [4.69, 9.17) is 57.1 Å². The van der Waals surface area contributed by atoms with Crippen LogP contribution < -0.4 is 34.0 Å². The Morgan fingerprint density at radius 3 is 2.10 bits per heavy atom. The first-order chi connectivity index (χ1) is 23.1. The fourth-order valence-corrected chi connectivity index (χ4v) is 6.31. The van der Waals surface area contributed by atoms with Crippen molar-refractivity contribution in [3.05, 3.63) is 0 Å². The maximum absolute atomic E-state index is 14.0. The normalized spacial score (nSPS) is 45.6. The number of nitrogens with two attached hydrogens (primary N) is 5. The fourth-order valence-electron chi connectivity index (χ4n) is 6.31. The first kappa shape index (κ1) is 40.4. The molecule has 3 saturated heterocycles. The van der Waals surface area contributed by atoms with E-state index in [1.54, 1.807) is 0 Å². The van der Waals surface area contributed by atoms with Gasteiger partial charge in [0.1, 0.15) is 48.8 Å². The Bertz CT molecular complexity index is 1080. The molecule has 20 nitrogen and oxygen atoms in total. The van der Waals surface area contributed by atoms with Crippen LogP contribution in [-0.4, -0.2) is 184 Å². The number of amides is 1. The molecule has 0 aromatic carbocycles. The van der Waals surface area contributed by atoms with Gasteiger partial charge in [0, 0.05) is 32.0 Å². The Labute approximate surface area is 279 Å². The van der Waals surface area contributed by atoms with E-state index in [0.29, 0.717) is 0 Å². The van der Waals surface area contributed by atoms with E-state index in [-0.39, 0.29) is 32.4 Å². The number of halogens is 2. The average molecular weight is 721 g/mol. The summed E-state index contributed by atoms with van der Waals surface area (Å²) >= 11 is 0. The van der Waals surface area contributed by atoms with Crippen molar-refractivity contribution in [3.8, 4) is 0 Å². The van der Waals surface area contributed by atoms with Crippen molar-refractivity contribution in [2.24, 2.45) is 28.7 Å². The van der Waals surface area contributed by atoms with E-state index in [2.05, 4.69) is 5.32 Å². The smallest absolute Gasteiger partial charge is 0.294 e. The van der Waals surface area contributed by atoms with Crippen molar-refractivity contribution in [1.82, 2.24) is 5.32 Å². The largest absolute Gasteiger partial charge is 0.394 e. The lowest BCUT2D eigenvalue weighted by atomic mass is 9.83. The number of ether oxygens (including phenoxy) is 6. The molecule has 4 rings (SSSR count). The molecule has 0 spiro atoms. The van der Waals surface area contributed by atoms with Gasteiger partial charge in [0.05, 0.1) is 43.5 Å². The highest BCUT2D eigenvalue weighted by atomic mass is 19.3. The highest BCUT2D eigenvalue weighted by molar-refractivity contribution is 5.82. The zero-order valence-corrected chi connectivity index (χ0v) is 26.5. The Balaban J connectivity index is 1.56. The molecule has 18 atom stereocenters. The number of rotatable bonds is 13. The highest BCUT2D eigenvalue weighted by Gasteiger charge is 2.54. The minimum atomic E-state index is -4.00. The van der Waals surface area contributed by atoms with Gasteiger partial charge in [-0.15, -0.1) is 0 Å². The van der Waals surface area contributed by atoms with Crippen molar-refractivity contribution in [3.63, 3.8) is 0 Å². The minimum Gasteiger partial charge on any atom is -0.394 e. The van der Waals surface area contributed by atoms with Gasteiger partial charge in [-0.25, -0.2) is 8.78 Å². The van der Waals surface area contributed by atoms with Crippen LogP contribution in [0, 0.1) is 0 Å². The van der Waals surface area contributed by atoms with Crippen LogP contribution in [-0.2, 0) is 33.2 Å². The monoisotopic (exact) mass is 720 g/mol.